The van der Waals surface area contributed by atoms with Crippen molar-refractivity contribution in [2.45, 2.75) is 6.54 Å². The monoisotopic (exact) mass is 384 g/mol. The topological polar surface area (TPSA) is 46.3 Å². The number of nitrogens with two attached hydrogens (primary N) is 1. The highest BCUT2D eigenvalue weighted by Crippen LogP contribution is 2.27. The van der Waals surface area contributed by atoms with Crippen LogP contribution in [-0.2, 0) is 6.54 Å². The molecule has 1 amide bonds. The Hall–Kier alpha value is -1.30. The van der Waals surface area contributed by atoms with Crippen molar-refractivity contribution in [3.05, 3.63) is 62.2 Å². The lowest BCUT2D eigenvalue weighted by Crippen LogP contribution is -2.30. The van der Waals surface area contributed by atoms with E-state index in [1.54, 1.807) is 29.2 Å². The predicted octanol–water partition coefficient (Wildman–Crippen LogP) is 4.57. The van der Waals surface area contributed by atoms with E-state index in [-0.39, 0.29) is 5.91 Å². The van der Waals surface area contributed by atoms with E-state index >= 15 is 0 Å². The van der Waals surface area contributed by atoms with Crippen LogP contribution in [0.5, 0.6) is 0 Å². The molecule has 2 rings (SSSR count). The molecule has 0 unspecified atom stereocenters. The molecule has 2 aromatic rings. The number of carbonyl (C=O) groups is 1. The summed E-state index contributed by atoms with van der Waals surface area (Å²) in [6.07, 6.45) is 1.70. The third-order valence-electron chi connectivity index (χ3n) is 2.87. The second-order valence-corrected chi connectivity index (χ2v) is 6.98. The highest BCUT2D eigenvalue weighted by molar-refractivity contribution is 9.10. The van der Waals surface area contributed by atoms with Crippen molar-refractivity contribution in [1.29, 1.82) is 0 Å². The van der Waals surface area contributed by atoms with E-state index < -0.39 is 0 Å². The number of hydrogen-bond donors (Lipinski definition) is 1. The Morgan fingerprint density at radius 3 is 2.81 bits per heavy atom. The fraction of sp³-hybridized carbons (Fsp3) is 0.133. The van der Waals surface area contributed by atoms with Crippen LogP contribution in [0.4, 0.5) is 5.69 Å². The Bertz CT molecular complexity index is 671. The summed E-state index contributed by atoms with van der Waals surface area (Å²) in [5.41, 5.74) is 6.92. The van der Waals surface area contributed by atoms with Crippen LogP contribution >= 0.6 is 38.9 Å². The Morgan fingerprint density at radius 1 is 1.43 bits per heavy atom. The number of nitrogens with zero attached hydrogens (tertiary/aromatic N) is 1. The first-order chi connectivity index (χ1) is 10.0. The lowest BCUT2D eigenvalue weighted by molar-refractivity contribution is 0.0763. The van der Waals surface area contributed by atoms with Crippen molar-refractivity contribution < 1.29 is 4.79 Å². The van der Waals surface area contributed by atoms with Gasteiger partial charge >= 0.3 is 0 Å². The lowest BCUT2D eigenvalue weighted by atomic mass is 10.1. The summed E-state index contributed by atoms with van der Waals surface area (Å²) in [4.78, 5) is 15.4. The van der Waals surface area contributed by atoms with Gasteiger partial charge in [0.2, 0.25) is 0 Å². The third-order valence-corrected chi connectivity index (χ3v) is 4.97. The molecule has 0 fully saturated rings. The number of benzene rings is 1. The minimum Gasteiger partial charge on any atom is -0.398 e. The average molecular weight is 386 g/mol. The molecule has 1 aromatic heterocycles. The van der Waals surface area contributed by atoms with Crippen LogP contribution in [0.15, 0.2) is 47.5 Å². The Kier molecular flexibility index (Phi) is 5.45. The fourth-order valence-corrected chi connectivity index (χ4v) is 3.42. The minimum atomic E-state index is -0.0985. The molecule has 3 nitrogen and oxygen atoms in total. The number of carbonyl (C=O) groups excluding carboxylic acids is 1. The van der Waals surface area contributed by atoms with Gasteiger partial charge in [-0.2, -0.15) is 0 Å². The first-order valence-electron chi connectivity index (χ1n) is 6.21. The standard InChI is InChI=1S/C15H14BrClN2OS/c1-2-8-19(9-10-6-7-13(17)21-10)15(20)11-4-3-5-12(18)14(11)16/h2-7H,1,8-9,18H2. The van der Waals surface area contributed by atoms with E-state index in [1.807, 2.05) is 12.1 Å². The van der Waals surface area contributed by atoms with Crippen molar-refractivity contribution in [3.8, 4) is 0 Å². The zero-order valence-electron chi connectivity index (χ0n) is 11.2. The van der Waals surface area contributed by atoms with Crippen LogP contribution in [0.1, 0.15) is 15.2 Å². The maximum atomic E-state index is 12.7. The molecule has 0 spiro atoms. The smallest absolute Gasteiger partial charge is 0.255 e. The Labute approximate surface area is 141 Å². The van der Waals surface area contributed by atoms with E-state index in [1.165, 1.54) is 11.3 Å². The molecule has 6 heteroatoms. The van der Waals surface area contributed by atoms with Crippen molar-refractivity contribution in [2.75, 3.05) is 12.3 Å². The van der Waals surface area contributed by atoms with Gasteiger partial charge in [-0.3, -0.25) is 4.79 Å². The molecule has 21 heavy (non-hydrogen) atoms. The van der Waals surface area contributed by atoms with Gasteiger partial charge in [-0.1, -0.05) is 23.7 Å². The summed E-state index contributed by atoms with van der Waals surface area (Å²) in [6, 6.07) is 9.01. The number of rotatable bonds is 5. The van der Waals surface area contributed by atoms with Crippen molar-refractivity contribution in [3.63, 3.8) is 0 Å². The molecule has 0 saturated carbocycles. The van der Waals surface area contributed by atoms with Crippen molar-refractivity contribution in [1.82, 2.24) is 4.90 Å². The highest BCUT2D eigenvalue weighted by atomic mass is 79.9. The predicted molar refractivity (Wildman–Crippen MR) is 92.8 cm³/mol. The Balaban J connectivity index is 2.26. The minimum absolute atomic E-state index is 0.0985. The SMILES string of the molecule is C=CCN(Cc1ccc(Cl)s1)C(=O)c1cccc(N)c1Br. The van der Waals surface area contributed by atoms with Gasteiger partial charge in [0.25, 0.3) is 5.91 Å². The molecule has 0 radical (unpaired) electrons. The highest BCUT2D eigenvalue weighted by Gasteiger charge is 2.19. The number of halogens is 2. The van der Waals surface area contributed by atoms with Gasteiger partial charge in [-0.25, -0.2) is 0 Å². The number of thiophene rings is 1. The first-order valence-corrected chi connectivity index (χ1v) is 8.20. The molecular weight excluding hydrogens is 372 g/mol. The fourth-order valence-electron chi connectivity index (χ4n) is 1.89. The van der Waals surface area contributed by atoms with Crippen molar-refractivity contribution in [2.24, 2.45) is 0 Å². The molecule has 0 aliphatic heterocycles. The maximum absolute atomic E-state index is 12.7. The molecule has 110 valence electrons. The summed E-state index contributed by atoms with van der Waals surface area (Å²) in [7, 11) is 0. The van der Waals surface area contributed by atoms with E-state index in [0.29, 0.717) is 33.1 Å². The Morgan fingerprint density at radius 2 is 2.19 bits per heavy atom. The largest absolute Gasteiger partial charge is 0.398 e. The van der Waals surface area contributed by atoms with E-state index in [0.717, 1.165) is 4.88 Å². The molecule has 0 bridgehead atoms. The van der Waals surface area contributed by atoms with Crippen LogP contribution < -0.4 is 5.73 Å². The first kappa shape index (κ1) is 16.1. The van der Waals surface area contributed by atoms with Gasteiger partial charge in [0.15, 0.2) is 0 Å². The van der Waals surface area contributed by atoms with Gasteiger partial charge in [0.05, 0.1) is 20.9 Å². The zero-order chi connectivity index (χ0) is 15.4. The van der Waals surface area contributed by atoms with E-state index in [4.69, 9.17) is 17.3 Å². The van der Waals surface area contributed by atoms with E-state index in [2.05, 4.69) is 22.5 Å². The van der Waals surface area contributed by atoms with Gasteiger partial charge in [-0.05, 0) is 40.2 Å². The van der Waals surface area contributed by atoms with Gasteiger partial charge in [0.1, 0.15) is 0 Å². The quantitative estimate of drug-likeness (QED) is 0.605. The number of nitrogen functional groups attached to an aromatic ring is 1. The second-order valence-electron chi connectivity index (χ2n) is 4.39. The summed E-state index contributed by atoms with van der Waals surface area (Å²) in [5, 5.41) is 0. The van der Waals surface area contributed by atoms with Crippen LogP contribution in [0.3, 0.4) is 0 Å². The molecule has 0 aliphatic carbocycles. The molecule has 2 N–H and O–H groups in total. The van der Waals surface area contributed by atoms with Crippen LogP contribution in [0.25, 0.3) is 0 Å². The molecule has 1 aromatic carbocycles. The van der Waals surface area contributed by atoms with Crippen molar-refractivity contribution >= 4 is 50.5 Å². The van der Waals surface area contributed by atoms with Crippen LogP contribution in [0.2, 0.25) is 4.34 Å². The number of amides is 1. The summed E-state index contributed by atoms with van der Waals surface area (Å²) >= 11 is 10.8. The summed E-state index contributed by atoms with van der Waals surface area (Å²) in [5.74, 6) is -0.0985. The van der Waals surface area contributed by atoms with Gasteiger partial charge < -0.3 is 10.6 Å². The molecular formula is C15H14BrClN2OS. The van der Waals surface area contributed by atoms with Crippen LogP contribution in [0, 0.1) is 0 Å². The second kappa shape index (κ2) is 7.11. The molecule has 0 atom stereocenters. The zero-order valence-corrected chi connectivity index (χ0v) is 14.3. The van der Waals surface area contributed by atoms with E-state index in [9.17, 15) is 4.79 Å². The lowest BCUT2D eigenvalue weighted by Gasteiger charge is -2.21. The molecule has 1 heterocycles. The maximum Gasteiger partial charge on any atom is 0.255 e. The molecule has 0 saturated heterocycles. The number of hydrogen-bond acceptors (Lipinski definition) is 3. The average Bonchev–Trinajstić information content (AvgIpc) is 2.86. The van der Waals surface area contributed by atoms with Gasteiger partial charge in [-0.15, -0.1) is 17.9 Å². The normalized spacial score (nSPS) is 10.4. The summed E-state index contributed by atoms with van der Waals surface area (Å²) in [6.45, 7) is 4.65. The van der Waals surface area contributed by atoms with Gasteiger partial charge in [0, 0.05) is 17.1 Å². The third kappa shape index (κ3) is 3.87. The van der Waals surface area contributed by atoms with Crippen LogP contribution in [-0.4, -0.2) is 17.4 Å². The number of anilines is 1. The summed E-state index contributed by atoms with van der Waals surface area (Å²) < 4.78 is 1.33. The molecule has 0 aliphatic rings.